The van der Waals surface area contributed by atoms with E-state index in [1.54, 1.807) is 37.7 Å². The number of nitrogens with zero attached hydrogens (tertiary/aromatic N) is 8. The Morgan fingerprint density at radius 1 is 0.514 bits per heavy atom. The van der Waals surface area contributed by atoms with Crippen molar-refractivity contribution in [3.05, 3.63) is 89.0 Å². The van der Waals surface area contributed by atoms with Crippen LogP contribution in [0.15, 0.2) is 106 Å². The molecule has 0 saturated carbocycles. The van der Waals surface area contributed by atoms with Crippen molar-refractivity contribution in [3.8, 4) is 0 Å². The summed E-state index contributed by atoms with van der Waals surface area (Å²) in [5.41, 5.74) is 9.36. The molecule has 10 N–H and O–H groups in total. The predicted molar refractivity (Wildman–Crippen MR) is 268 cm³/mol. The molecule has 2 aliphatic heterocycles. The molecule has 36 heteroatoms. The van der Waals surface area contributed by atoms with Crippen molar-refractivity contribution in [3.63, 3.8) is 0 Å². The van der Waals surface area contributed by atoms with Crippen LogP contribution in [0.5, 0.6) is 0 Å². The standard InChI is InChI=1S/C38H47N11O18S6.Na.H/c1-5-44(6-2)48-37(46(22-40-48)42-31-20-27(68(50,51)52)12-15-33(31)70(56,57)58)25-10-9-24(35(18-25)72(62,63)64)11-14-29-30(39)17-26(19-36(29)73(65,66)67)38-47(23-41-49(38)45(7-3)8-4)43-32-21-28(69(53,54)55)13-16-34(32)71(59,60)61;;/h9-23,37-38,42-43H,5-8,39H2,1-4H3,(H,50,51,52)(H,53,54,55)(H,56,57,58)(H,59,60,61)(H,62,63,64)(H,65,66,67);;. The van der Waals surface area contributed by atoms with E-state index in [1.165, 1.54) is 28.4 Å². The van der Waals surface area contributed by atoms with Crippen molar-refractivity contribution in [2.24, 2.45) is 10.2 Å². The maximum absolute atomic E-state index is 13.2. The third kappa shape index (κ3) is 13.1. The molecule has 0 bridgehead atoms. The average Bonchev–Trinajstić information content (AvgIpc) is 3.88. The Balaban J connectivity index is 0.0000101. The van der Waals surface area contributed by atoms with E-state index in [0.29, 0.717) is 30.3 Å². The summed E-state index contributed by atoms with van der Waals surface area (Å²) in [5.74, 6) is 0. The molecule has 2 unspecified atom stereocenters. The van der Waals surface area contributed by atoms with E-state index < -0.39 is 119 Å². The van der Waals surface area contributed by atoms with E-state index in [0.717, 1.165) is 53.0 Å². The van der Waals surface area contributed by atoms with Crippen LogP contribution in [-0.4, -0.2) is 177 Å². The van der Waals surface area contributed by atoms with Gasteiger partial charge in [-0.15, -0.1) is 10.2 Å². The van der Waals surface area contributed by atoms with Gasteiger partial charge < -0.3 is 5.73 Å². The molecule has 29 nitrogen and oxygen atoms in total. The van der Waals surface area contributed by atoms with Crippen molar-refractivity contribution in [2.75, 3.05) is 42.8 Å². The molecular weight excluding hydrogens is 1110 g/mol. The third-order valence-electron chi connectivity index (χ3n) is 11.0. The summed E-state index contributed by atoms with van der Waals surface area (Å²) < 4.78 is 211. The number of hydrogen-bond acceptors (Lipinski definition) is 23. The van der Waals surface area contributed by atoms with Gasteiger partial charge in [-0.05, 0) is 60.2 Å². The second-order valence-corrected chi connectivity index (χ2v) is 23.9. The molecule has 0 spiro atoms. The Hall–Kier alpha value is -5.06. The minimum absolute atomic E-state index is 0. The first kappa shape index (κ1) is 59.8. The number of nitrogens with one attached hydrogen (secondary N) is 2. The van der Waals surface area contributed by atoms with Crippen molar-refractivity contribution < 1.29 is 77.8 Å². The van der Waals surface area contributed by atoms with E-state index in [-0.39, 0.29) is 78.1 Å². The average molecular weight is 1160 g/mol. The van der Waals surface area contributed by atoms with Crippen LogP contribution >= 0.6 is 0 Å². The molecule has 74 heavy (non-hydrogen) atoms. The molecule has 0 radical (unpaired) electrons. The van der Waals surface area contributed by atoms with Gasteiger partial charge in [-0.2, -0.15) is 60.7 Å². The molecular formula is C38H48N11NaO18S6. The van der Waals surface area contributed by atoms with E-state index in [1.807, 2.05) is 0 Å². The Morgan fingerprint density at radius 3 is 1.28 bits per heavy atom. The van der Waals surface area contributed by atoms with Crippen LogP contribution in [0.2, 0.25) is 0 Å². The Bertz CT molecular complexity index is 3620. The summed E-state index contributed by atoms with van der Waals surface area (Å²) in [6.45, 7) is 8.02. The molecule has 4 aromatic rings. The third-order valence-corrected chi connectivity index (χ3v) is 16.3. The first-order chi connectivity index (χ1) is 33.7. The van der Waals surface area contributed by atoms with E-state index in [2.05, 4.69) is 21.1 Å². The first-order valence-electron chi connectivity index (χ1n) is 20.9. The molecule has 4 aromatic carbocycles. The molecule has 0 saturated heterocycles. The molecule has 2 atom stereocenters. The SMILES string of the molecule is CCN(CC)N1N=CN(Nc2cc(S(=O)(=O)O)ccc2S(=O)(=O)O)C1c1ccc(C=Cc2c(N)cc(C3N(Nc4cc(S(=O)(=O)O)ccc4S(=O)(=O)O)C=NN3N(CC)CC)cc2S(=O)(=O)O)c(S(=O)(=O)O)c1.[NaH]. The Morgan fingerprint density at radius 2 is 0.905 bits per heavy atom. The molecule has 6 rings (SSSR count). The zero-order chi connectivity index (χ0) is 54.4. The van der Waals surface area contributed by atoms with Gasteiger partial charge in [0.1, 0.15) is 32.3 Å². The first-order valence-corrected chi connectivity index (χ1v) is 29.5. The van der Waals surface area contributed by atoms with Crippen LogP contribution in [0.1, 0.15) is 62.3 Å². The van der Waals surface area contributed by atoms with Crippen LogP contribution in [0.3, 0.4) is 0 Å². The molecule has 0 amide bonds. The van der Waals surface area contributed by atoms with Gasteiger partial charge in [0.25, 0.3) is 60.7 Å². The van der Waals surface area contributed by atoms with Crippen LogP contribution < -0.4 is 16.6 Å². The summed E-state index contributed by atoms with van der Waals surface area (Å²) in [4.78, 5) is -4.93. The summed E-state index contributed by atoms with van der Waals surface area (Å²) in [6.07, 6.45) is 1.59. The summed E-state index contributed by atoms with van der Waals surface area (Å²) in [5, 5.41) is 16.7. The second-order valence-electron chi connectivity index (χ2n) is 15.5. The Kier molecular flexibility index (Phi) is 18.0. The fourth-order valence-corrected chi connectivity index (χ4v) is 11.4. The van der Waals surface area contributed by atoms with Crippen LogP contribution in [-0.2, 0) is 60.7 Å². The number of hydrazine groups is 4. The number of benzene rings is 4. The molecule has 0 aliphatic carbocycles. The van der Waals surface area contributed by atoms with Crippen molar-refractivity contribution in [2.45, 2.75) is 69.4 Å². The van der Waals surface area contributed by atoms with Gasteiger partial charge in [-0.1, -0.05) is 52.0 Å². The van der Waals surface area contributed by atoms with Crippen molar-refractivity contribution in [1.29, 1.82) is 0 Å². The summed E-state index contributed by atoms with van der Waals surface area (Å²) in [7, 11) is -30.5. The number of hydrazone groups is 2. The molecule has 0 aromatic heterocycles. The number of hydrogen-bond donors (Lipinski definition) is 9. The van der Waals surface area contributed by atoms with Crippen molar-refractivity contribution >= 4 is 132 Å². The zero-order valence-electron chi connectivity index (χ0n) is 38.3. The van der Waals surface area contributed by atoms with Crippen LogP contribution in [0.4, 0.5) is 17.1 Å². The summed E-state index contributed by atoms with van der Waals surface area (Å²) >= 11 is 0. The van der Waals surface area contributed by atoms with Crippen LogP contribution in [0, 0.1) is 0 Å². The number of rotatable bonds is 20. The number of nitrogen functional groups attached to an aromatic ring is 1. The van der Waals surface area contributed by atoms with E-state index >= 15 is 0 Å². The molecule has 2 heterocycles. The summed E-state index contributed by atoms with van der Waals surface area (Å²) in [6, 6.07) is 9.87. The van der Waals surface area contributed by atoms with Gasteiger partial charge in [0.15, 0.2) is 12.3 Å². The van der Waals surface area contributed by atoms with Crippen LogP contribution in [0.25, 0.3) is 12.2 Å². The van der Waals surface area contributed by atoms with Gasteiger partial charge >= 0.3 is 29.6 Å². The van der Waals surface area contributed by atoms with Gasteiger partial charge in [0.05, 0.1) is 21.2 Å². The molecule has 0 fully saturated rings. The van der Waals surface area contributed by atoms with Gasteiger partial charge in [0, 0.05) is 48.6 Å². The van der Waals surface area contributed by atoms with E-state index in [4.69, 9.17) is 5.73 Å². The normalized spacial score (nSPS) is 16.8. The topological polar surface area (TPSA) is 420 Å². The van der Waals surface area contributed by atoms with Gasteiger partial charge in [-0.3, -0.25) is 38.2 Å². The molecule has 2 aliphatic rings. The fraction of sp³-hybridized carbons (Fsp3) is 0.263. The maximum atomic E-state index is 13.2. The predicted octanol–water partition coefficient (Wildman–Crippen LogP) is 1.96. The van der Waals surface area contributed by atoms with Crippen molar-refractivity contribution in [1.82, 2.24) is 30.3 Å². The zero-order valence-corrected chi connectivity index (χ0v) is 43.2. The van der Waals surface area contributed by atoms with E-state index in [9.17, 15) is 77.8 Å². The number of nitrogens with two attached hydrogens (primary N) is 1. The number of anilines is 3. The second kappa shape index (κ2) is 22.3. The van der Waals surface area contributed by atoms with Gasteiger partial charge in [0.2, 0.25) is 0 Å². The quantitative estimate of drug-likeness (QED) is 0.0264. The molecule has 400 valence electrons. The minimum atomic E-state index is -5.27. The van der Waals surface area contributed by atoms with Gasteiger partial charge in [-0.25, -0.2) is 20.0 Å². The fourth-order valence-electron chi connectivity index (χ4n) is 7.64. The monoisotopic (exact) mass is 1160 g/mol. The Labute approximate surface area is 448 Å².